The second-order valence-corrected chi connectivity index (χ2v) is 7.82. The van der Waals surface area contributed by atoms with E-state index in [0.29, 0.717) is 23.8 Å². The van der Waals surface area contributed by atoms with Crippen LogP contribution in [0, 0.1) is 0 Å². The van der Waals surface area contributed by atoms with Crippen LogP contribution in [-0.4, -0.2) is 63.2 Å². The number of hydrogen-bond donors (Lipinski definition) is 0. The Bertz CT molecular complexity index is 894. The lowest BCUT2D eigenvalue weighted by atomic mass is 10.2. The van der Waals surface area contributed by atoms with Crippen molar-refractivity contribution in [1.29, 1.82) is 0 Å². The topological polar surface area (TPSA) is 62.3 Å². The van der Waals surface area contributed by atoms with Gasteiger partial charge < -0.3 is 14.4 Å². The Morgan fingerprint density at radius 3 is 2.23 bits per heavy atom. The summed E-state index contributed by atoms with van der Waals surface area (Å²) in [6, 6.07) is 15.7. The third-order valence-corrected chi connectivity index (χ3v) is 5.83. The molecule has 164 valence electrons. The smallest absolute Gasteiger partial charge is 0.234 e. The highest BCUT2D eigenvalue weighted by Crippen LogP contribution is 2.33. The fourth-order valence-electron chi connectivity index (χ4n) is 4.12. The average molecular weight is 424 g/mol. The van der Waals surface area contributed by atoms with E-state index in [1.54, 1.807) is 25.3 Å². The van der Waals surface area contributed by atoms with Crippen molar-refractivity contribution in [2.24, 2.45) is 0 Å². The van der Waals surface area contributed by atoms with Gasteiger partial charge in [-0.25, -0.2) is 0 Å². The van der Waals surface area contributed by atoms with Crippen molar-refractivity contribution in [3.8, 4) is 11.5 Å². The number of amides is 2. The summed E-state index contributed by atoms with van der Waals surface area (Å²) in [5, 5.41) is 0. The van der Waals surface area contributed by atoms with Crippen molar-refractivity contribution in [2.45, 2.75) is 19.3 Å². The number of hydrogen-bond acceptors (Lipinski definition) is 6. The van der Waals surface area contributed by atoms with E-state index in [1.807, 2.05) is 6.07 Å². The van der Waals surface area contributed by atoms with Gasteiger partial charge in [0.15, 0.2) is 11.5 Å². The van der Waals surface area contributed by atoms with Gasteiger partial charge in [-0.1, -0.05) is 18.2 Å². The predicted molar refractivity (Wildman–Crippen MR) is 120 cm³/mol. The number of ether oxygens (including phenoxy) is 2. The normalized spacial score (nSPS) is 17.3. The molecule has 0 atom stereocenters. The number of methoxy groups -OCH3 is 1. The number of nitrogens with zero attached hydrogens (tertiary/aromatic N) is 3. The summed E-state index contributed by atoms with van der Waals surface area (Å²) in [4.78, 5) is 30.0. The van der Waals surface area contributed by atoms with Gasteiger partial charge in [-0.2, -0.15) is 0 Å². The van der Waals surface area contributed by atoms with Crippen molar-refractivity contribution in [3.05, 3.63) is 48.5 Å². The van der Waals surface area contributed by atoms with E-state index in [2.05, 4.69) is 34.1 Å². The molecule has 0 bridgehead atoms. The zero-order valence-corrected chi connectivity index (χ0v) is 18.0. The highest BCUT2D eigenvalue weighted by Gasteiger charge is 2.30. The predicted octanol–water partition coefficient (Wildman–Crippen LogP) is 2.94. The molecule has 0 aromatic heterocycles. The van der Waals surface area contributed by atoms with Crippen molar-refractivity contribution >= 4 is 23.2 Å². The molecule has 7 heteroatoms. The lowest BCUT2D eigenvalue weighted by Gasteiger charge is -2.36. The molecule has 0 aliphatic carbocycles. The summed E-state index contributed by atoms with van der Waals surface area (Å²) in [6.07, 6.45) is 1.44. The van der Waals surface area contributed by atoms with E-state index in [1.165, 1.54) is 10.6 Å². The van der Waals surface area contributed by atoms with Gasteiger partial charge in [-0.3, -0.25) is 19.4 Å². The van der Waals surface area contributed by atoms with Crippen molar-refractivity contribution in [1.82, 2.24) is 4.90 Å². The molecule has 2 aliphatic heterocycles. The summed E-state index contributed by atoms with van der Waals surface area (Å²) >= 11 is 0. The quantitative estimate of drug-likeness (QED) is 0.481. The molecule has 2 aromatic carbocycles. The minimum absolute atomic E-state index is 0.173. The van der Waals surface area contributed by atoms with Crippen LogP contribution < -0.4 is 19.3 Å². The minimum atomic E-state index is -0.173. The van der Waals surface area contributed by atoms with E-state index in [0.717, 1.165) is 39.1 Å². The summed E-state index contributed by atoms with van der Waals surface area (Å²) in [5.74, 6) is 0.807. The van der Waals surface area contributed by atoms with E-state index >= 15 is 0 Å². The summed E-state index contributed by atoms with van der Waals surface area (Å²) < 4.78 is 11.4. The maximum absolute atomic E-state index is 12.0. The zero-order valence-electron chi connectivity index (χ0n) is 18.0. The molecule has 2 aliphatic rings. The van der Waals surface area contributed by atoms with Crippen LogP contribution in [0.1, 0.15) is 19.3 Å². The Morgan fingerprint density at radius 1 is 0.839 bits per heavy atom. The van der Waals surface area contributed by atoms with Crippen LogP contribution in [0.25, 0.3) is 0 Å². The Kier molecular flexibility index (Phi) is 6.72. The maximum Gasteiger partial charge on any atom is 0.234 e. The highest BCUT2D eigenvalue weighted by molar-refractivity contribution is 6.19. The number of imide groups is 1. The third kappa shape index (κ3) is 4.99. The SMILES string of the molecule is COc1cc(N2C(=O)CCC2=O)ccc1OCCCN1CCN(c2ccccc2)CC1. The molecule has 4 rings (SSSR count). The standard InChI is InChI=1S/C24H29N3O4/c1-30-22-18-20(27-23(28)10-11-24(27)29)8-9-21(22)31-17-5-12-25-13-15-26(16-14-25)19-6-3-2-4-7-19/h2-4,6-9,18H,5,10-17H2,1H3. The molecule has 2 aromatic rings. The van der Waals surface area contributed by atoms with Crippen LogP contribution >= 0.6 is 0 Å². The summed E-state index contributed by atoms with van der Waals surface area (Å²) in [6.45, 7) is 5.73. The Morgan fingerprint density at radius 2 is 1.55 bits per heavy atom. The summed E-state index contributed by atoms with van der Waals surface area (Å²) in [5.41, 5.74) is 1.83. The molecule has 7 nitrogen and oxygen atoms in total. The average Bonchev–Trinajstić information content (AvgIpc) is 3.15. The second-order valence-electron chi connectivity index (χ2n) is 7.82. The van der Waals surface area contributed by atoms with E-state index < -0.39 is 0 Å². The number of rotatable bonds is 8. The number of piperazine rings is 1. The first-order valence-electron chi connectivity index (χ1n) is 10.8. The van der Waals surface area contributed by atoms with Gasteiger partial charge >= 0.3 is 0 Å². The Balaban J connectivity index is 1.24. The number of carbonyl (C=O) groups excluding carboxylic acids is 2. The number of anilines is 2. The molecule has 2 heterocycles. The van der Waals surface area contributed by atoms with Crippen LogP contribution in [0.2, 0.25) is 0 Å². The molecule has 2 fully saturated rings. The Hall–Kier alpha value is -3.06. The van der Waals surface area contributed by atoms with Crippen LogP contribution in [0.3, 0.4) is 0 Å². The van der Waals surface area contributed by atoms with Gasteiger partial charge in [0.1, 0.15) is 0 Å². The minimum Gasteiger partial charge on any atom is -0.493 e. The van der Waals surface area contributed by atoms with Crippen LogP contribution in [0.4, 0.5) is 11.4 Å². The first-order chi connectivity index (χ1) is 15.2. The van der Waals surface area contributed by atoms with E-state index in [9.17, 15) is 9.59 Å². The fourth-order valence-corrected chi connectivity index (χ4v) is 4.12. The van der Waals surface area contributed by atoms with E-state index in [-0.39, 0.29) is 24.7 Å². The van der Waals surface area contributed by atoms with Crippen molar-refractivity contribution in [3.63, 3.8) is 0 Å². The third-order valence-electron chi connectivity index (χ3n) is 5.83. The van der Waals surface area contributed by atoms with Gasteiger partial charge in [-0.05, 0) is 30.7 Å². The van der Waals surface area contributed by atoms with Crippen LogP contribution in [0.15, 0.2) is 48.5 Å². The first-order valence-corrected chi connectivity index (χ1v) is 10.8. The maximum atomic E-state index is 12.0. The van der Waals surface area contributed by atoms with Gasteiger partial charge in [0, 0.05) is 57.3 Å². The molecule has 2 amide bonds. The molecule has 0 spiro atoms. The molecule has 0 radical (unpaired) electrons. The lowest BCUT2D eigenvalue weighted by molar-refractivity contribution is -0.121. The first kappa shape index (κ1) is 21.2. The second kappa shape index (κ2) is 9.83. The molecule has 0 N–H and O–H groups in total. The zero-order chi connectivity index (χ0) is 21.6. The van der Waals surface area contributed by atoms with Gasteiger partial charge in [0.2, 0.25) is 11.8 Å². The molecule has 0 unspecified atom stereocenters. The molecular formula is C24H29N3O4. The summed E-state index contributed by atoms with van der Waals surface area (Å²) in [7, 11) is 1.56. The van der Waals surface area contributed by atoms with Crippen molar-refractivity contribution in [2.75, 3.05) is 56.2 Å². The molecule has 2 saturated heterocycles. The molecular weight excluding hydrogens is 394 g/mol. The molecule has 0 saturated carbocycles. The molecule has 31 heavy (non-hydrogen) atoms. The number of carbonyl (C=O) groups is 2. The van der Waals surface area contributed by atoms with Crippen LogP contribution in [-0.2, 0) is 9.59 Å². The van der Waals surface area contributed by atoms with Crippen molar-refractivity contribution < 1.29 is 19.1 Å². The van der Waals surface area contributed by atoms with Gasteiger partial charge in [0.05, 0.1) is 19.4 Å². The van der Waals surface area contributed by atoms with Crippen LogP contribution in [0.5, 0.6) is 11.5 Å². The highest BCUT2D eigenvalue weighted by atomic mass is 16.5. The number of para-hydroxylation sites is 1. The largest absolute Gasteiger partial charge is 0.493 e. The fraction of sp³-hybridized carbons (Fsp3) is 0.417. The lowest BCUT2D eigenvalue weighted by Crippen LogP contribution is -2.46. The van der Waals surface area contributed by atoms with Gasteiger partial charge in [0.25, 0.3) is 0 Å². The van der Waals surface area contributed by atoms with E-state index in [4.69, 9.17) is 9.47 Å². The monoisotopic (exact) mass is 423 g/mol. The van der Waals surface area contributed by atoms with Gasteiger partial charge in [-0.15, -0.1) is 0 Å². The Labute approximate surface area is 183 Å². The number of benzene rings is 2.